The zero-order valence-corrected chi connectivity index (χ0v) is 19.1. The van der Waals surface area contributed by atoms with Gasteiger partial charge in [-0.25, -0.2) is 13.4 Å². The Morgan fingerprint density at radius 1 is 1.19 bits per heavy atom. The zero-order chi connectivity index (χ0) is 22.2. The summed E-state index contributed by atoms with van der Waals surface area (Å²) in [6.45, 7) is 6.59. The van der Waals surface area contributed by atoms with Crippen molar-refractivity contribution in [3.8, 4) is 17.0 Å². The number of likely N-dealkylation sites (N-methyl/N-ethyl adjacent to an activating group) is 1. The first-order valence-electron chi connectivity index (χ1n) is 9.94. The predicted molar refractivity (Wildman–Crippen MR) is 122 cm³/mol. The number of nitrogens with one attached hydrogen (secondary N) is 1. The molecule has 9 heteroatoms. The van der Waals surface area contributed by atoms with Gasteiger partial charge in [-0.05, 0) is 48.7 Å². The molecule has 1 amide bonds. The largest absolute Gasteiger partial charge is 0.482 e. The highest BCUT2D eigenvalue weighted by Crippen LogP contribution is 2.37. The van der Waals surface area contributed by atoms with Crippen molar-refractivity contribution in [2.45, 2.75) is 31.6 Å². The first-order valence-corrected chi connectivity index (χ1v) is 12.3. The summed E-state index contributed by atoms with van der Waals surface area (Å²) in [4.78, 5) is 18.4. The Morgan fingerprint density at radius 2 is 1.94 bits per heavy atom. The number of fused-ring (bicyclic) bond motifs is 1. The second kappa shape index (κ2) is 8.32. The Labute approximate surface area is 185 Å². The number of thiazole rings is 1. The number of amides is 1. The summed E-state index contributed by atoms with van der Waals surface area (Å²) in [6, 6.07) is 12.3. The van der Waals surface area contributed by atoms with Gasteiger partial charge in [0.2, 0.25) is 0 Å². The molecule has 0 bridgehead atoms. The summed E-state index contributed by atoms with van der Waals surface area (Å²) in [5.41, 5.74) is 3.16. The van der Waals surface area contributed by atoms with E-state index in [4.69, 9.17) is 4.74 Å². The summed E-state index contributed by atoms with van der Waals surface area (Å²) >= 11 is 1.21. The molecule has 0 fully saturated rings. The fourth-order valence-corrected chi connectivity index (χ4v) is 5.34. The number of nitrogens with zero attached hydrogens (tertiary/aromatic N) is 2. The Bertz CT molecular complexity index is 1220. The van der Waals surface area contributed by atoms with E-state index >= 15 is 0 Å². The lowest BCUT2D eigenvalue weighted by atomic mass is 10.0. The molecule has 31 heavy (non-hydrogen) atoms. The second-order valence-electron chi connectivity index (χ2n) is 7.48. The maximum absolute atomic E-state index is 12.7. The Balaban J connectivity index is 1.57. The third-order valence-corrected chi connectivity index (χ3v) is 7.34. The molecule has 2 heterocycles. The highest BCUT2D eigenvalue weighted by atomic mass is 32.2. The summed E-state index contributed by atoms with van der Waals surface area (Å²) in [5, 5.41) is 2.06. The minimum absolute atomic E-state index is 0.0287. The van der Waals surface area contributed by atoms with Crippen LogP contribution in [0.25, 0.3) is 11.3 Å². The summed E-state index contributed by atoms with van der Waals surface area (Å²) < 4.78 is 33.5. The van der Waals surface area contributed by atoms with E-state index in [0.29, 0.717) is 29.6 Å². The van der Waals surface area contributed by atoms with Crippen LogP contribution < -0.4 is 14.4 Å². The zero-order valence-electron chi connectivity index (χ0n) is 17.5. The molecule has 0 radical (unpaired) electrons. The summed E-state index contributed by atoms with van der Waals surface area (Å²) in [6.07, 6.45) is 0. The van der Waals surface area contributed by atoms with E-state index in [2.05, 4.69) is 23.6 Å². The van der Waals surface area contributed by atoms with Gasteiger partial charge in [-0.1, -0.05) is 26.0 Å². The van der Waals surface area contributed by atoms with Crippen LogP contribution in [0.5, 0.6) is 5.75 Å². The van der Waals surface area contributed by atoms with Gasteiger partial charge in [0.1, 0.15) is 5.75 Å². The summed E-state index contributed by atoms with van der Waals surface area (Å²) in [7, 11) is -3.73. The third kappa shape index (κ3) is 4.28. The molecule has 7 nitrogen and oxygen atoms in total. The standard InChI is InChI=1S/C22H23N3O4S2/c1-4-25-19-11-16(7-10-20(19)29-12-21(25)26)18-13-30-22(23-18)24-31(27,28)17-8-5-15(6-9-17)14(2)3/h5-11,13-14H,4,12H2,1-3H3,(H,23,24). The lowest BCUT2D eigenvalue weighted by molar-refractivity contribution is -0.121. The molecule has 162 valence electrons. The van der Waals surface area contributed by atoms with E-state index < -0.39 is 10.0 Å². The number of benzene rings is 2. The van der Waals surface area contributed by atoms with Crippen LogP contribution in [0.3, 0.4) is 0 Å². The molecule has 1 N–H and O–H groups in total. The monoisotopic (exact) mass is 457 g/mol. The quantitative estimate of drug-likeness (QED) is 0.590. The molecule has 2 aromatic carbocycles. The van der Waals surface area contributed by atoms with Crippen LogP contribution in [-0.2, 0) is 14.8 Å². The van der Waals surface area contributed by atoms with Crippen LogP contribution in [0.4, 0.5) is 10.8 Å². The van der Waals surface area contributed by atoms with Gasteiger partial charge in [0.05, 0.1) is 16.3 Å². The third-order valence-electron chi connectivity index (χ3n) is 5.10. The molecule has 4 rings (SSSR count). The smallest absolute Gasteiger partial charge is 0.265 e. The number of sulfonamides is 1. The van der Waals surface area contributed by atoms with Crippen molar-refractivity contribution in [1.29, 1.82) is 0 Å². The van der Waals surface area contributed by atoms with E-state index in [0.717, 1.165) is 11.1 Å². The topological polar surface area (TPSA) is 88.6 Å². The molecular weight excluding hydrogens is 434 g/mol. The van der Waals surface area contributed by atoms with E-state index in [-0.39, 0.29) is 22.5 Å². The van der Waals surface area contributed by atoms with Gasteiger partial charge < -0.3 is 9.64 Å². The average molecular weight is 458 g/mol. The van der Waals surface area contributed by atoms with E-state index in [1.807, 2.05) is 31.2 Å². The van der Waals surface area contributed by atoms with E-state index in [9.17, 15) is 13.2 Å². The molecule has 1 aliphatic heterocycles. The molecule has 0 saturated heterocycles. The molecule has 1 aliphatic rings. The second-order valence-corrected chi connectivity index (χ2v) is 10.0. The van der Waals surface area contributed by atoms with Gasteiger partial charge in [-0.2, -0.15) is 0 Å². The van der Waals surface area contributed by atoms with Gasteiger partial charge in [0.25, 0.3) is 15.9 Å². The highest BCUT2D eigenvalue weighted by Gasteiger charge is 2.25. The Morgan fingerprint density at radius 3 is 2.61 bits per heavy atom. The van der Waals surface area contributed by atoms with Crippen molar-refractivity contribution in [1.82, 2.24) is 4.98 Å². The number of rotatable bonds is 6. The van der Waals surface area contributed by atoms with E-state index in [1.54, 1.807) is 28.5 Å². The van der Waals surface area contributed by atoms with Crippen LogP contribution in [0.15, 0.2) is 52.7 Å². The predicted octanol–water partition coefficient (Wildman–Crippen LogP) is 4.48. The molecule has 0 saturated carbocycles. The van der Waals surface area contributed by atoms with Crippen molar-refractivity contribution in [3.05, 3.63) is 53.4 Å². The van der Waals surface area contributed by atoms with Gasteiger partial charge in [0, 0.05) is 17.5 Å². The highest BCUT2D eigenvalue weighted by molar-refractivity contribution is 7.93. The van der Waals surface area contributed by atoms with Crippen LogP contribution in [0.2, 0.25) is 0 Å². The Hall–Kier alpha value is -2.91. The number of aromatic nitrogens is 1. The maximum Gasteiger partial charge on any atom is 0.265 e. The molecule has 3 aromatic rings. The average Bonchev–Trinajstić information content (AvgIpc) is 3.21. The number of hydrogen-bond acceptors (Lipinski definition) is 6. The first kappa shape index (κ1) is 21.3. The van der Waals surface area contributed by atoms with Gasteiger partial charge >= 0.3 is 0 Å². The number of carbonyl (C=O) groups is 1. The van der Waals surface area contributed by atoms with Crippen molar-refractivity contribution in [3.63, 3.8) is 0 Å². The van der Waals surface area contributed by atoms with Crippen LogP contribution in [0.1, 0.15) is 32.3 Å². The van der Waals surface area contributed by atoms with Crippen molar-refractivity contribution >= 4 is 38.1 Å². The molecule has 0 atom stereocenters. The lowest BCUT2D eigenvalue weighted by Crippen LogP contribution is -2.38. The molecule has 0 unspecified atom stereocenters. The summed E-state index contributed by atoms with van der Waals surface area (Å²) in [5.74, 6) is 0.876. The van der Waals surface area contributed by atoms with Crippen molar-refractivity contribution in [2.75, 3.05) is 22.8 Å². The normalized spacial score (nSPS) is 13.8. The Kier molecular flexibility index (Phi) is 5.72. The number of ether oxygens (including phenoxy) is 1. The van der Waals surface area contributed by atoms with Crippen molar-refractivity contribution in [2.24, 2.45) is 0 Å². The van der Waals surface area contributed by atoms with Gasteiger partial charge in [-0.15, -0.1) is 11.3 Å². The van der Waals surface area contributed by atoms with Crippen LogP contribution in [0, 0.1) is 0 Å². The number of hydrogen-bond donors (Lipinski definition) is 1. The molecule has 0 spiro atoms. The number of carbonyl (C=O) groups excluding carboxylic acids is 1. The molecule has 1 aromatic heterocycles. The van der Waals surface area contributed by atoms with Gasteiger partial charge in [-0.3, -0.25) is 9.52 Å². The fourth-order valence-electron chi connectivity index (χ4n) is 3.37. The fraction of sp³-hybridized carbons (Fsp3) is 0.273. The molecule has 0 aliphatic carbocycles. The SMILES string of the molecule is CCN1C(=O)COc2ccc(-c3csc(NS(=O)(=O)c4ccc(C(C)C)cc4)n3)cc21. The lowest BCUT2D eigenvalue weighted by Gasteiger charge is -2.28. The molecular formula is C22H23N3O4S2. The first-order chi connectivity index (χ1) is 14.8. The minimum atomic E-state index is -3.73. The van der Waals surface area contributed by atoms with E-state index in [1.165, 1.54) is 11.3 Å². The van der Waals surface area contributed by atoms with Crippen LogP contribution in [-0.4, -0.2) is 32.5 Å². The van der Waals surface area contributed by atoms with Crippen molar-refractivity contribution < 1.29 is 17.9 Å². The minimum Gasteiger partial charge on any atom is -0.482 e. The van der Waals surface area contributed by atoms with Gasteiger partial charge in [0.15, 0.2) is 11.7 Å². The number of anilines is 2. The maximum atomic E-state index is 12.7. The van der Waals surface area contributed by atoms with Crippen LogP contribution >= 0.6 is 11.3 Å².